The highest BCUT2D eigenvalue weighted by Gasteiger charge is 2.08. The average molecular weight is 200 g/mol. The molecule has 2 heteroatoms. The van der Waals surface area contributed by atoms with Crippen LogP contribution in [0.15, 0.2) is 36.5 Å². The SMILES string of the molecule is CC(C)Cc1c[nH]nc1-c1ccccc1. The number of nitrogens with one attached hydrogen (secondary N) is 1. The van der Waals surface area contributed by atoms with Crippen LogP contribution in [0.3, 0.4) is 0 Å². The Hall–Kier alpha value is -1.57. The smallest absolute Gasteiger partial charge is 0.0952 e. The number of aromatic nitrogens is 2. The zero-order valence-corrected chi connectivity index (χ0v) is 9.20. The van der Waals surface area contributed by atoms with E-state index in [0.717, 1.165) is 12.1 Å². The number of hydrogen-bond acceptors (Lipinski definition) is 1. The Bertz CT molecular complexity index is 415. The van der Waals surface area contributed by atoms with E-state index in [4.69, 9.17) is 0 Å². The molecule has 1 aromatic carbocycles. The average Bonchev–Trinajstić information content (AvgIpc) is 2.66. The van der Waals surface area contributed by atoms with Crippen molar-refractivity contribution in [3.63, 3.8) is 0 Å². The fourth-order valence-corrected chi connectivity index (χ4v) is 1.76. The van der Waals surface area contributed by atoms with Gasteiger partial charge in [0.25, 0.3) is 0 Å². The van der Waals surface area contributed by atoms with Crippen LogP contribution in [0.25, 0.3) is 11.3 Å². The second-order valence-corrected chi connectivity index (χ2v) is 4.22. The van der Waals surface area contributed by atoms with Crippen molar-refractivity contribution in [2.24, 2.45) is 5.92 Å². The highest BCUT2D eigenvalue weighted by Crippen LogP contribution is 2.22. The highest BCUT2D eigenvalue weighted by atomic mass is 15.1. The van der Waals surface area contributed by atoms with Gasteiger partial charge in [-0.2, -0.15) is 5.10 Å². The molecule has 0 aliphatic carbocycles. The van der Waals surface area contributed by atoms with Crippen LogP contribution in [0.4, 0.5) is 0 Å². The zero-order valence-electron chi connectivity index (χ0n) is 9.20. The van der Waals surface area contributed by atoms with Crippen LogP contribution in [0, 0.1) is 5.92 Å². The Labute approximate surface area is 90.3 Å². The molecule has 0 amide bonds. The van der Waals surface area contributed by atoms with E-state index >= 15 is 0 Å². The van der Waals surface area contributed by atoms with Gasteiger partial charge in [0, 0.05) is 11.8 Å². The molecule has 0 fully saturated rings. The maximum atomic E-state index is 4.31. The van der Waals surface area contributed by atoms with Gasteiger partial charge in [-0.1, -0.05) is 44.2 Å². The van der Waals surface area contributed by atoms with Gasteiger partial charge < -0.3 is 0 Å². The largest absolute Gasteiger partial charge is 0.285 e. The Kier molecular flexibility index (Phi) is 2.86. The Morgan fingerprint density at radius 2 is 1.93 bits per heavy atom. The van der Waals surface area contributed by atoms with Crippen LogP contribution in [0.5, 0.6) is 0 Å². The van der Waals surface area contributed by atoms with E-state index in [1.54, 1.807) is 0 Å². The molecule has 78 valence electrons. The van der Waals surface area contributed by atoms with Crippen molar-refractivity contribution < 1.29 is 0 Å². The van der Waals surface area contributed by atoms with Gasteiger partial charge in [0.1, 0.15) is 0 Å². The van der Waals surface area contributed by atoms with Crippen molar-refractivity contribution in [3.8, 4) is 11.3 Å². The summed E-state index contributed by atoms with van der Waals surface area (Å²) in [6, 6.07) is 10.3. The second-order valence-electron chi connectivity index (χ2n) is 4.22. The number of benzene rings is 1. The fourth-order valence-electron chi connectivity index (χ4n) is 1.76. The molecule has 0 aliphatic heterocycles. The first-order chi connectivity index (χ1) is 7.27. The molecule has 0 radical (unpaired) electrons. The summed E-state index contributed by atoms with van der Waals surface area (Å²) < 4.78 is 0. The summed E-state index contributed by atoms with van der Waals surface area (Å²) in [5.41, 5.74) is 3.58. The molecule has 0 atom stereocenters. The molecule has 0 saturated heterocycles. The van der Waals surface area contributed by atoms with Gasteiger partial charge >= 0.3 is 0 Å². The van der Waals surface area contributed by atoms with Crippen molar-refractivity contribution in [1.29, 1.82) is 0 Å². The monoisotopic (exact) mass is 200 g/mol. The molecule has 1 aromatic heterocycles. The minimum atomic E-state index is 0.657. The molecule has 1 heterocycles. The molecule has 0 bridgehead atoms. The van der Waals surface area contributed by atoms with E-state index in [0.29, 0.717) is 5.92 Å². The predicted octanol–water partition coefficient (Wildman–Crippen LogP) is 3.28. The summed E-state index contributed by atoms with van der Waals surface area (Å²) in [5, 5.41) is 7.27. The summed E-state index contributed by atoms with van der Waals surface area (Å²) in [5.74, 6) is 0.657. The van der Waals surface area contributed by atoms with Crippen LogP contribution in [-0.4, -0.2) is 10.2 Å². The molecular formula is C13H16N2. The van der Waals surface area contributed by atoms with E-state index in [1.807, 2.05) is 24.4 Å². The Morgan fingerprint density at radius 1 is 1.20 bits per heavy atom. The first kappa shape index (κ1) is 9.97. The third kappa shape index (κ3) is 2.27. The summed E-state index contributed by atoms with van der Waals surface area (Å²) in [6.45, 7) is 4.45. The summed E-state index contributed by atoms with van der Waals surface area (Å²) in [6.07, 6.45) is 3.07. The van der Waals surface area contributed by atoms with E-state index < -0.39 is 0 Å². The van der Waals surface area contributed by atoms with Crippen molar-refractivity contribution in [3.05, 3.63) is 42.1 Å². The Morgan fingerprint density at radius 3 is 2.60 bits per heavy atom. The lowest BCUT2D eigenvalue weighted by molar-refractivity contribution is 0.648. The molecule has 0 unspecified atom stereocenters. The summed E-state index contributed by atoms with van der Waals surface area (Å²) in [7, 11) is 0. The number of H-pyrrole nitrogens is 1. The highest BCUT2D eigenvalue weighted by molar-refractivity contribution is 5.62. The van der Waals surface area contributed by atoms with E-state index in [1.165, 1.54) is 11.1 Å². The normalized spacial score (nSPS) is 10.9. The standard InChI is InChI=1S/C13H16N2/c1-10(2)8-12-9-14-15-13(12)11-6-4-3-5-7-11/h3-7,9-10H,8H2,1-2H3,(H,14,15). The van der Waals surface area contributed by atoms with Gasteiger partial charge in [-0.05, 0) is 17.9 Å². The third-order valence-electron chi connectivity index (χ3n) is 2.39. The molecule has 2 nitrogen and oxygen atoms in total. The van der Waals surface area contributed by atoms with Gasteiger partial charge in [-0.15, -0.1) is 0 Å². The minimum Gasteiger partial charge on any atom is -0.285 e. The number of rotatable bonds is 3. The van der Waals surface area contributed by atoms with Gasteiger partial charge in [0.05, 0.1) is 5.69 Å². The number of nitrogens with zero attached hydrogens (tertiary/aromatic N) is 1. The first-order valence-electron chi connectivity index (χ1n) is 5.35. The van der Waals surface area contributed by atoms with Crippen LogP contribution in [0.2, 0.25) is 0 Å². The van der Waals surface area contributed by atoms with E-state index in [2.05, 4.69) is 36.2 Å². The molecule has 0 aliphatic rings. The molecule has 15 heavy (non-hydrogen) atoms. The molecule has 1 N–H and O–H groups in total. The lowest BCUT2D eigenvalue weighted by atomic mass is 10.0. The Balaban J connectivity index is 2.33. The van der Waals surface area contributed by atoms with Gasteiger partial charge in [-0.3, -0.25) is 5.10 Å². The molecule has 2 aromatic rings. The zero-order chi connectivity index (χ0) is 10.7. The lowest BCUT2D eigenvalue weighted by Gasteiger charge is -2.04. The van der Waals surface area contributed by atoms with Gasteiger partial charge in [0.2, 0.25) is 0 Å². The van der Waals surface area contributed by atoms with Gasteiger partial charge in [-0.25, -0.2) is 0 Å². The third-order valence-corrected chi connectivity index (χ3v) is 2.39. The van der Waals surface area contributed by atoms with Crippen LogP contribution >= 0.6 is 0 Å². The lowest BCUT2D eigenvalue weighted by Crippen LogP contribution is -1.94. The van der Waals surface area contributed by atoms with E-state index in [-0.39, 0.29) is 0 Å². The van der Waals surface area contributed by atoms with Gasteiger partial charge in [0.15, 0.2) is 0 Å². The van der Waals surface area contributed by atoms with Crippen LogP contribution in [-0.2, 0) is 6.42 Å². The predicted molar refractivity (Wildman–Crippen MR) is 62.6 cm³/mol. The first-order valence-corrected chi connectivity index (χ1v) is 5.35. The second kappa shape index (κ2) is 4.30. The quantitative estimate of drug-likeness (QED) is 0.809. The maximum Gasteiger partial charge on any atom is 0.0952 e. The molecular weight excluding hydrogens is 184 g/mol. The summed E-state index contributed by atoms with van der Waals surface area (Å²) >= 11 is 0. The van der Waals surface area contributed by atoms with Crippen molar-refractivity contribution in [1.82, 2.24) is 10.2 Å². The molecule has 2 rings (SSSR count). The topological polar surface area (TPSA) is 28.7 Å². The number of aromatic amines is 1. The molecule has 0 spiro atoms. The van der Waals surface area contributed by atoms with Crippen LogP contribution < -0.4 is 0 Å². The van der Waals surface area contributed by atoms with E-state index in [9.17, 15) is 0 Å². The van der Waals surface area contributed by atoms with Crippen molar-refractivity contribution in [2.45, 2.75) is 20.3 Å². The molecule has 0 saturated carbocycles. The maximum absolute atomic E-state index is 4.31. The summed E-state index contributed by atoms with van der Waals surface area (Å²) in [4.78, 5) is 0. The minimum absolute atomic E-state index is 0.657. The fraction of sp³-hybridized carbons (Fsp3) is 0.308. The van der Waals surface area contributed by atoms with Crippen LogP contribution in [0.1, 0.15) is 19.4 Å². The van der Waals surface area contributed by atoms with Crippen molar-refractivity contribution >= 4 is 0 Å². The number of hydrogen-bond donors (Lipinski definition) is 1. The van der Waals surface area contributed by atoms with Crippen molar-refractivity contribution in [2.75, 3.05) is 0 Å².